The van der Waals surface area contributed by atoms with Crippen LogP contribution in [0.2, 0.25) is 0 Å². The summed E-state index contributed by atoms with van der Waals surface area (Å²) in [7, 11) is 0. The Bertz CT molecular complexity index is 546. The van der Waals surface area contributed by atoms with Crippen LogP contribution in [0.5, 0.6) is 5.75 Å². The number of aromatic nitrogens is 2. The van der Waals surface area contributed by atoms with Crippen molar-refractivity contribution in [1.82, 2.24) is 9.97 Å². The summed E-state index contributed by atoms with van der Waals surface area (Å²) in [5, 5.41) is 0. The molecule has 0 spiro atoms. The molecule has 1 aromatic carbocycles. The minimum Gasteiger partial charge on any atom is -0.491 e. The first-order valence-electron chi connectivity index (χ1n) is 5.47. The van der Waals surface area contributed by atoms with E-state index in [0.717, 1.165) is 17.0 Å². The lowest BCUT2D eigenvalue weighted by Gasteiger charge is -2.10. The zero-order valence-corrected chi connectivity index (χ0v) is 10.6. The van der Waals surface area contributed by atoms with E-state index in [2.05, 4.69) is 9.97 Å². The van der Waals surface area contributed by atoms with E-state index in [1.165, 1.54) is 0 Å². The molecule has 88 valence electrons. The molecule has 0 aliphatic heterocycles. The lowest BCUT2D eigenvalue weighted by Crippen LogP contribution is -2.05. The molecule has 2 aromatic rings. The lowest BCUT2D eigenvalue weighted by atomic mass is 10.1. The molecule has 0 bridgehead atoms. The van der Waals surface area contributed by atoms with E-state index < -0.39 is 0 Å². The third-order valence-electron chi connectivity index (χ3n) is 2.22. The van der Waals surface area contributed by atoms with Crippen molar-refractivity contribution < 1.29 is 4.74 Å². The number of benzene rings is 1. The summed E-state index contributed by atoms with van der Waals surface area (Å²) >= 11 is 5.03. The van der Waals surface area contributed by atoms with Gasteiger partial charge in [0.1, 0.15) is 10.4 Å². The topological polar surface area (TPSA) is 37.9 Å². The maximum Gasteiger partial charge on any atom is 0.130 e. The van der Waals surface area contributed by atoms with Crippen molar-refractivity contribution in [2.45, 2.75) is 20.0 Å². The summed E-state index contributed by atoms with van der Waals surface area (Å²) < 4.78 is 6.17. The molecular weight excluding hydrogens is 232 g/mol. The van der Waals surface area contributed by atoms with Gasteiger partial charge < -0.3 is 9.72 Å². The van der Waals surface area contributed by atoms with E-state index in [4.69, 9.17) is 17.0 Å². The average Bonchev–Trinajstić information content (AvgIpc) is 2.29. The van der Waals surface area contributed by atoms with Crippen molar-refractivity contribution in [3.8, 4) is 17.0 Å². The van der Waals surface area contributed by atoms with Crippen molar-refractivity contribution in [2.75, 3.05) is 0 Å². The van der Waals surface area contributed by atoms with E-state index in [9.17, 15) is 0 Å². The molecule has 0 radical (unpaired) electrons. The smallest absolute Gasteiger partial charge is 0.130 e. The number of H-pyrrole nitrogens is 1. The fourth-order valence-electron chi connectivity index (χ4n) is 1.52. The summed E-state index contributed by atoms with van der Waals surface area (Å²) in [4.78, 5) is 7.02. The predicted molar refractivity (Wildman–Crippen MR) is 70.6 cm³/mol. The molecular formula is C13H14N2OS. The standard InChI is InChI=1S/C13H14N2OS/c1-9(2)16-11-5-3-10(4-6-11)12-7-13(17)15-8-14-12/h3-9H,1-2H3,(H,14,15,17). The van der Waals surface area contributed by atoms with Crippen molar-refractivity contribution >= 4 is 12.2 Å². The minimum atomic E-state index is 0.188. The van der Waals surface area contributed by atoms with Crippen LogP contribution in [0.15, 0.2) is 36.7 Å². The van der Waals surface area contributed by atoms with Crippen LogP contribution < -0.4 is 4.74 Å². The van der Waals surface area contributed by atoms with E-state index in [0.29, 0.717) is 4.64 Å². The maximum atomic E-state index is 5.59. The summed E-state index contributed by atoms with van der Waals surface area (Å²) in [6, 6.07) is 9.74. The first-order valence-corrected chi connectivity index (χ1v) is 5.88. The fraction of sp³-hybridized carbons (Fsp3) is 0.231. The molecule has 0 amide bonds. The van der Waals surface area contributed by atoms with Crippen LogP contribution in [-0.2, 0) is 0 Å². The third kappa shape index (κ3) is 3.14. The second-order valence-corrected chi connectivity index (χ2v) is 4.41. The molecule has 3 nitrogen and oxygen atoms in total. The van der Waals surface area contributed by atoms with Crippen LogP contribution in [0.4, 0.5) is 0 Å². The Morgan fingerprint density at radius 2 is 1.94 bits per heavy atom. The Morgan fingerprint density at radius 1 is 1.24 bits per heavy atom. The van der Waals surface area contributed by atoms with Crippen LogP contribution >= 0.6 is 12.2 Å². The number of ether oxygens (including phenoxy) is 1. The Hall–Kier alpha value is -1.68. The van der Waals surface area contributed by atoms with Gasteiger partial charge in [-0.1, -0.05) is 12.2 Å². The van der Waals surface area contributed by atoms with Crippen LogP contribution in [-0.4, -0.2) is 16.1 Å². The Labute approximate surface area is 105 Å². The molecule has 1 heterocycles. The summed E-state index contributed by atoms with van der Waals surface area (Å²) in [6.45, 7) is 4.02. The van der Waals surface area contributed by atoms with Crippen LogP contribution in [0.3, 0.4) is 0 Å². The summed E-state index contributed by atoms with van der Waals surface area (Å²) in [5.41, 5.74) is 2.02. The van der Waals surface area contributed by atoms with Gasteiger partial charge in [-0.25, -0.2) is 4.98 Å². The lowest BCUT2D eigenvalue weighted by molar-refractivity contribution is 0.242. The number of nitrogens with zero attached hydrogens (tertiary/aromatic N) is 1. The predicted octanol–water partition coefficient (Wildman–Crippen LogP) is 3.59. The molecule has 0 unspecified atom stereocenters. The number of hydrogen-bond donors (Lipinski definition) is 1. The van der Waals surface area contributed by atoms with Gasteiger partial charge in [0.05, 0.1) is 12.4 Å². The molecule has 0 saturated carbocycles. The van der Waals surface area contributed by atoms with Gasteiger partial charge in [0.25, 0.3) is 0 Å². The van der Waals surface area contributed by atoms with Gasteiger partial charge in [-0.05, 0) is 49.7 Å². The first kappa shape index (κ1) is 11.8. The summed E-state index contributed by atoms with van der Waals surface area (Å²) in [6.07, 6.45) is 1.79. The number of rotatable bonds is 3. The fourth-order valence-corrected chi connectivity index (χ4v) is 1.69. The normalized spacial score (nSPS) is 10.5. The molecule has 0 fully saturated rings. The van der Waals surface area contributed by atoms with Gasteiger partial charge in [-0.2, -0.15) is 0 Å². The highest BCUT2D eigenvalue weighted by Crippen LogP contribution is 2.20. The molecule has 2 rings (SSSR count). The van der Waals surface area contributed by atoms with Crippen molar-refractivity contribution in [1.29, 1.82) is 0 Å². The van der Waals surface area contributed by atoms with E-state index in [1.807, 2.05) is 44.2 Å². The highest BCUT2D eigenvalue weighted by Gasteiger charge is 2.00. The first-order chi connectivity index (χ1) is 8.15. The van der Waals surface area contributed by atoms with Crippen molar-refractivity contribution in [3.05, 3.63) is 41.3 Å². The van der Waals surface area contributed by atoms with Gasteiger partial charge >= 0.3 is 0 Å². The minimum absolute atomic E-state index is 0.188. The maximum absolute atomic E-state index is 5.59. The van der Waals surface area contributed by atoms with E-state index in [-0.39, 0.29) is 6.10 Å². The Kier molecular flexibility index (Phi) is 3.54. The van der Waals surface area contributed by atoms with Gasteiger partial charge in [0.2, 0.25) is 0 Å². The molecule has 0 atom stereocenters. The monoisotopic (exact) mass is 246 g/mol. The average molecular weight is 246 g/mol. The SMILES string of the molecule is CC(C)Oc1ccc(-c2cc(=S)nc[nH]2)cc1. The van der Waals surface area contributed by atoms with Gasteiger partial charge in [-0.15, -0.1) is 0 Å². The van der Waals surface area contributed by atoms with Crippen molar-refractivity contribution in [3.63, 3.8) is 0 Å². The summed E-state index contributed by atoms with van der Waals surface area (Å²) in [5.74, 6) is 0.872. The molecule has 4 heteroatoms. The zero-order valence-electron chi connectivity index (χ0n) is 9.81. The van der Waals surface area contributed by atoms with Gasteiger partial charge in [-0.3, -0.25) is 0 Å². The van der Waals surface area contributed by atoms with E-state index >= 15 is 0 Å². The van der Waals surface area contributed by atoms with Crippen LogP contribution in [0.1, 0.15) is 13.8 Å². The highest BCUT2D eigenvalue weighted by molar-refractivity contribution is 7.71. The molecule has 1 N–H and O–H groups in total. The second-order valence-electron chi connectivity index (χ2n) is 3.99. The number of hydrogen-bond acceptors (Lipinski definition) is 3. The largest absolute Gasteiger partial charge is 0.491 e. The quantitative estimate of drug-likeness (QED) is 0.841. The van der Waals surface area contributed by atoms with Gasteiger partial charge in [0.15, 0.2) is 0 Å². The number of aromatic amines is 1. The Morgan fingerprint density at radius 3 is 2.53 bits per heavy atom. The zero-order chi connectivity index (χ0) is 12.3. The molecule has 1 aromatic heterocycles. The molecule has 0 aliphatic rings. The number of nitrogens with one attached hydrogen (secondary N) is 1. The second kappa shape index (κ2) is 5.10. The van der Waals surface area contributed by atoms with E-state index in [1.54, 1.807) is 6.33 Å². The molecule has 0 saturated heterocycles. The Balaban J connectivity index is 2.26. The van der Waals surface area contributed by atoms with Crippen molar-refractivity contribution in [2.24, 2.45) is 0 Å². The van der Waals surface area contributed by atoms with Crippen LogP contribution in [0.25, 0.3) is 11.3 Å². The molecule has 0 aliphatic carbocycles. The molecule has 17 heavy (non-hydrogen) atoms. The third-order valence-corrected chi connectivity index (χ3v) is 2.44. The van der Waals surface area contributed by atoms with Crippen LogP contribution in [0, 0.1) is 4.64 Å². The highest BCUT2D eigenvalue weighted by atomic mass is 32.1. The van der Waals surface area contributed by atoms with Gasteiger partial charge in [0, 0.05) is 5.69 Å².